The Morgan fingerprint density at radius 1 is 1.26 bits per heavy atom. The van der Waals surface area contributed by atoms with Crippen LogP contribution in [-0.2, 0) is 16.1 Å². The van der Waals surface area contributed by atoms with Gasteiger partial charge in [-0.1, -0.05) is 30.3 Å². The van der Waals surface area contributed by atoms with Crippen molar-refractivity contribution in [2.75, 3.05) is 13.2 Å². The summed E-state index contributed by atoms with van der Waals surface area (Å²) in [5.74, 6) is 0.389. The van der Waals surface area contributed by atoms with Gasteiger partial charge in [-0.2, -0.15) is 0 Å². The SMILES string of the molecule is O=C([C@@H]1CCCO1)N(Cc1ccccc1)C[C@H](O)c1ccco1. The van der Waals surface area contributed by atoms with E-state index in [0.29, 0.717) is 18.9 Å². The summed E-state index contributed by atoms with van der Waals surface area (Å²) in [6.07, 6.45) is 1.90. The lowest BCUT2D eigenvalue weighted by Crippen LogP contribution is -2.40. The van der Waals surface area contributed by atoms with E-state index in [2.05, 4.69) is 0 Å². The van der Waals surface area contributed by atoms with Gasteiger partial charge in [0.2, 0.25) is 0 Å². The van der Waals surface area contributed by atoms with E-state index in [0.717, 1.165) is 18.4 Å². The van der Waals surface area contributed by atoms with Gasteiger partial charge in [-0.3, -0.25) is 4.79 Å². The van der Waals surface area contributed by atoms with Gasteiger partial charge in [-0.05, 0) is 30.5 Å². The van der Waals surface area contributed by atoms with Crippen LogP contribution in [0.3, 0.4) is 0 Å². The molecule has 5 nitrogen and oxygen atoms in total. The zero-order valence-corrected chi connectivity index (χ0v) is 12.9. The minimum Gasteiger partial charge on any atom is -0.467 e. The van der Waals surface area contributed by atoms with Gasteiger partial charge in [-0.15, -0.1) is 0 Å². The molecule has 3 rings (SSSR count). The zero-order chi connectivity index (χ0) is 16.1. The first kappa shape index (κ1) is 15.8. The van der Waals surface area contributed by atoms with Crippen LogP contribution in [0.1, 0.15) is 30.3 Å². The lowest BCUT2D eigenvalue weighted by Gasteiger charge is -2.27. The molecule has 2 aromatic rings. The van der Waals surface area contributed by atoms with Gasteiger partial charge in [0, 0.05) is 13.2 Å². The number of carbonyl (C=O) groups is 1. The monoisotopic (exact) mass is 315 g/mol. The Morgan fingerprint density at radius 2 is 2.09 bits per heavy atom. The topological polar surface area (TPSA) is 62.9 Å². The summed E-state index contributed by atoms with van der Waals surface area (Å²) in [5.41, 5.74) is 1.02. The molecule has 1 aromatic carbocycles. The summed E-state index contributed by atoms with van der Waals surface area (Å²) in [6, 6.07) is 13.2. The maximum absolute atomic E-state index is 12.7. The molecule has 0 aliphatic carbocycles. The van der Waals surface area contributed by atoms with Gasteiger partial charge in [0.1, 0.15) is 18.0 Å². The van der Waals surface area contributed by atoms with Crippen molar-refractivity contribution in [2.45, 2.75) is 31.6 Å². The Labute approximate surface area is 135 Å². The van der Waals surface area contributed by atoms with Crippen molar-refractivity contribution in [2.24, 2.45) is 0 Å². The van der Waals surface area contributed by atoms with Crippen LogP contribution in [0.15, 0.2) is 53.1 Å². The number of aliphatic hydroxyl groups is 1. The second-order valence-corrected chi connectivity index (χ2v) is 5.74. The van der Waals surface area contributed by atoms with Crippen LogP contribution in [-0.4, -0.2) is 35.2 Å². The molecule has 23 heavy (non-hydrogen) atoms. The number of hydrogen-bond acceptors (Lipinski definition) is 4. The van der Waals surface area contributed by atoms with Crippen molar-refractivity contribution >= 4 is 5.91 Å². The Hall–Kier alpha value is -2.11. The highest BCUT2D eigenvalue weighted by Crippen LogP contribution is 2.20. The Bertz CT molecular complexity index is 605. The molecule has 1 fully saturated rings. The Kier molecular flexibility index (Phi) is 5.10. The molecule has 1 aliphatic heterocycles. The molecule has 1 amide bonds. The maximum atomic E-state index is 12.7. The van der Waals surface area contributed by atoms with Gasteiger partial charge >= 0.3 is 0 Å². The molecular formula is C18H21NO4. The molecule has 2 atom stereocenters. The van der Waals surface area contributed by atoms with Crippen LogP contribution < -0.4 is 0 Å². The lowest BCUT2D eigenvalue weighted by molar-refractivity contribution is -0.143. The molecule has 0 bridgehead atoms. The van der Waals surface area contributed by atoms with E-state index in [9.17, 15) is 9.90 Å². The summed E-state index contributed by atoms with van der Waals surface area (Å²) in [6.45, 7) is 1.24. The predicted octanol–water partition coefficient (Wildman–Crippen LogP) is 2.52. The first-order valence-corrected chi connectivity index (χ1v) is 7.90. The van der Waals surface area contributed by atoms with E-state index >= 15 is 0 Å². The smallest absolute Gasteiger partial charge is 0.252 e. The van der Waals surface area contributed by atoms with Gasteiger partial charge in [0.25, 0.3) is 5.91 Å². The third-order valence-electron chi connectivity index (χ3n) is 4.00. The standard InChI is InChI=1S/C18H21NO4/c20-15(16-8-4-10-22-16)13-19(12-14-6-2-1-3-7-14)18(21)17-9-5-11-23-17/h1-4,6-8,10,15,17,20H,5,9,11-13H2/t15-,17-/m0/s1. The van der Waals surface area contributed by atoms with E-state index in [-0.39, 0.29) is 12.5 Å². The second-order valence-electron chi connectivity index (χ2n) is 5.74. The number of benzene rings is 1. The third-order valence-corrected chi connectivity index (χ3v) is 4.00. The van der Waals surface area contributed by atoms with Crippen molar-refractivity contribution in [3.8, 4) is 0 Å². The van der Waals surface area contributed by atoms with Crippen molar-refractivity contribution in [3.63, 3.8) is 0 Å². The first-order chi connectivity index (χ1) is 11.2. The van der Waals surface area contributed by atoms with Gasteiger partial charge in [0.05, 0.1) is 12.8 Å². The summed E-state index contributed by atoms with van der Waals surface area (Å²) in [4.78, 5) is 14.4. The molecule has 1 aliphatic rings. The van der Waals surface area contributed by atoms with Crippen molar-refractivity contribution in [3.05, 3.63) is 60.1 Å². The van der Waals surface area contributed by atoms with Crippen molar-refractivity contribution < 1.29 is 19.1 Å². The molecule has 1 aromatic heterocycles. The number of carbonyl (C=O) groups excluding carboxylic acids is 1. The van der Waals surface area contributed by atoms with Crippen LogP contribution in [0, 0.1) is 0 Å². The Balaban J connectivity index is 1.73. The second kappa shape index (κ2) is 7.44. The number of ether oxygens (including phenoxy) is 1. The zero-order valence-electron chi connectivity index (χ0n) is 12.9. The van der Waals surface area contributed by atoms with Crippen molar-refractivity contribution in [1.82, 2.24) is 4.90 Å². The molecule has 0 radical (unpaired) electrons. The highest BCUT2D eigenvalue weighted by molar-refractivity contribution is 5.81. The van der Waals surface area contributed by atoms with Crippen LogP contribution >= 0.6 is 0 Å². The van der Waals surface area contributed by atoms with E-state index < -0.39 is 12.2 Å². The van der Waals surface area contributed by atoms with E-state index in [1.165, 1.54) is 6.26 Å². The number of amides is 1. The average Bonchev–Trinajstić information content (AvgIpc) is 3.27. The number of aliphatic hydroxyl groups excluding tert-OH is 1. The minimum atomic E-state index is -0.848. The number of nitrogens with zero attached hydrogens (tertiary/aromatic N) is 1. The number of rotatable bonds is 6. The lowest BCUT2D eigenvalue weighted by atomic mass is 10.1. The van der Waals surface area contributed by atoms with Crippen molar-refractivity contribution in [1.29, 1.82) is 0 Å². The molecule has 122 valence electrons. The normalized spacial score (nSPS) is 18.7. The highest BCUT2D eigenvalue weighted by atomic mass is 16.5. The maximum Gasteiger partial charge on any atom is 0.252 e. The largest absolute Gasteiger partial charge is 0.467 e. The molecule has 5 heteroatoms. The molecule has 0 saturated carbocycles. The average molecular weight is 315 g/mol. The van der Waals surface area contributed by atoms with Crippen LogP contribution in [0.25, 0.3) is 0 Å². The third kappa shape index (κ3) is 4.00. The fourth-order valence-electron chi connectivity index (χ4n) is 2.79. The number of furan rings is 1. The van der Waals surface area contributed by atoms with Crippen LogP contribution in [0.4, 0.5) is 0 Å². The summed E-state index contributed by atoms with van der Waals surface area (Å²) < 4.78 is 10.7. The summed E-state index contributed by atoms with van der Waals surface area (Å²) in [7, 11) is 0. The van der Waals surface area contributed by atoms with E-state index in [1.54, 1.807) is 17.0 Å². The molecule has 0 unspecified atom stereocenters. The molecule has 1 saturated heterocycles. The van der Waals surface area contributed by atoms with Gasteiger partial charge in [0.15, 0.2) is 0 Å². The van der Waals surface area contributed by atoms with Gasteiger partial charge < -0.3 is 19.2 Å². The fraction of sp³-hybridized carbons (Fsp3) is 0.389. The fourth-order valence-corrected chi connectivity index (χ4v) is 2.79. The molecule has 1 N–H and O–H groups in total. The predicted molar refractivity (Wildman–Crippen MR) is 84.5 cm³/mol. The van der Waals surface area contributed by atoms with E-state index in [4.69, 9.17) is 9.15 Å². The van der Waals surface area contributed by atoms with Gasteiger partial charge in [-0.25, -0.2) is 0 Å². The van der Waals surface area contributed by atoms with Crippen LogP contribution in [0.2, 0.25) is 0 Å². The van der Waals surface area contributed by atoms with E-state index in [1.807, 2.05) is 30.3 Å². The molecule has 0 spiro atoms. The summed E-state index contributed by atoms with van der Waals surface area (Å²) in [5, 5.41) is 10.3. The highest BCUT2D eigenvalue weighted by Gasteiger charge is 2.30. The molecular weight excluding hydrogens is 294 g/mol. The Morgan fingerprint density at radius 3 is 2.74 bits per heavy atom. The first-order valence-electron chi connectivity index (χ1n) is 7.90. The molecule has 2 heterocycles. The quantitative estimate of drug-likeness (QED) is 0.890. The number of hydrogen-bond donors (Lipinski definition) is 1. The summed E-state index contributed by atoms with van der Waals surface area (Å²) >= 11 is 0. The minimum absolute atomic E-state index is 0.0723. The van der Waals surface area contributed by atoms with Crippen LogP contribution in [0.5, 0.6) is 0 Å².